The third-order valence-corrected chi connectivity index (χ3v) is 2.45. The number of aromatic amines is 1. The van der Waals surface area contributed by atoms with Crippen molar-refractivity contribution in [3.05, 3.63) is 35.9 Å². The molecule has 0 amide bonds. The average Bonchev–Trinajstić information content (AvgIpc) is 2.87. The number of aromatic nitrogens is 2. The van der Waals surface area contributed by atoms with Crippen LogP contribution in [0.5, 0.6) is 0 Å². The minimum atomic E-state index is 0.439. The molecule has 0 aliphatic rings. The Hall–Kier alpha value is -1.75. The van der Waals surface area contributed by atoms with Crippen molar-refractivity contribution < 1.29 is 4.52 Å². The molecule has 86 valence electrons. The molecule has 5 heteroatoms. The Balaban J connectivity index is 1.78. The van der Waals surface area contributed by atoms with Crippen LogP contribution >= 0.6 is 0 Å². The van der Waals surface area contributed by atoms with E-state index in [1.54, 1.807) is 6.07 Å². The molecule has 0 saturated carbocycles. The van der Waals surface area contributed by atoms with Gasteiger partial charge in [-0.1, -0.05) is 5.16 Å². The van der Waals surface area contributed by atoms with Crippen LogP contribution < -0.4 is 5.73 Å². The lowest BCUT2D eigenvalue weighted by atomic mass is 10.2. The van der Waals surface area contributed by atoms with Crippen LogP contribution in [0.15, 0.2) is 29.0 Å². The van der Waals surface area contributed by atoms with Crippen molar-refractivity contribution in [2.75, 3.05) is 19.3 Å². The van der Waals surface area contributed by atoms with E-state index in [0.717, 1.165) is 25.3 Å². The summed E-state index contributed by atoms with van der Waals surface area (Å²) in [6, 6.07) is 3.84. The molecule has 2 aromatic heterocycles. The van der Waals surface area contributed by atoms with Crippen LogP contribution in [0.4, 0.5) is 5.82 Å². The molecule has 0 unspecified atom stereocenters. The summed E-state index contributed by atoms with van der Waals surface area (Å²) in [5.41, 5.74) is 6.79. The number of hydrogen-bond acceptors (Lipinski definition) is 4. The van der Waals surface area contributed by atoms with E-state index >= 15 is 0 Å². The lowest BCUT2D eigenvalue weighted by molar-refractivity contribution is 0.275. The quantitative estimate of drug-likeness (QED) is 0.795. The second-order valence-electron chi connectivity index (χ2n) is 3.93. The average molecular weight is 220 g/mol. The topological polar surface area (TPSA) is 71.1 Å². The lowest BCUT2D eigenvalue weighted by Crippen LogP contribution is -2.20. The molecule has 0 fully saturated rings. The molecule has 2 aromatic rings. The van der Waals surface area contributed by atoms with Crippen LogP contribution in [0, 0.1) is 0 Å². The van der Waals surface area contributed by atoms with Crippen LogP contribution in [0.2, 0.25) is 0 Å². The molecule has 0 aromatic carbocycles. The molecule has 2 heterocycles. The first-order valence-electron chi connectivity index (χ1n) is 5.25. The van der Waals surface area contributed by atoms with Gasteiger partial charge in [0.15, 0.2) is 11.6 Å². The smallest absolute Gasteiger partial charge is 0.167 e. The third kappa shape index (κ3) is 2.87. The van der Waals surface area contributed by atoms with Gasteiger partial charge in [0, 0.05) is 25.0 Å². The highest BCUT2D eigenvalue weighted by Gasteiger charge is 2.05. The zero-order valence-electron chi connectivity index (χ0n) is 9.31. The number of rotatable bonds is 5. The second kappa shape index (κ2) is 4.85. The number of nitrogens with two attached hydrogens (primary N) is 1. The normalized spacial score (nSPS) is 11.1. The van der Waals surface area contributed by atoms with Gasteiger partial charge in [0.2, 0.25) is 0 Å². The van der Waals surface area contributed by atoms with Gasteiger partial charge in [-0.05, 0) is 25.1 Å². The number of nitrogen functional groups attached to an aromatic ring is 1. The Bertz CT molecular complexity index is 421. The van der Waals surface area contributed by atoms with Gasteiger partial charge in [0.1, 0.15) is 0 Å². The molecule has 0 spiro atoms. The maximum absolute atomic E-state index is 5.48. The summed E-state index contributed by atoms with van der Waals surface area (Å²) in [4.78, 5) is 5.22. The third-order valence-electron chi connectivity index (χ3n) is 2.45. The first-order chi connectivity index (χ1) is 7.74. The number of H-pyrrole nitrogens is 1. The van der Waals surface area contributed by atoms with E-state index in [2.05, 4.69) is 21.1 Å². The lowest BCUT2D eigenvalue weighted by Gasteiger charge is -2.13. The minimum Gasteiger partial charge on any atom is -0.381 e. The van der Waals surface area contributed by atoms with Gasteiger partial charge in [-0.2, -0.15) is 0 Å². The van der Waals surface area contributed by atoms with Crippen molar-refractivity contribution in [2.45, 2.75) is 13.0 Å². The molecule has 0 saturated heterocycles. The largest absolute Gasteiger partial charge is 0.381 e. The Kier molecular flexibility index (Phi) is 3.26. The minimum absolute atomic E-state index is 0.439. The van der Waals surface area contributed by atoms with Gasteiger partial charge in [0.05, 0.1) is 6.54 Å². The highest BCUT2D eigenvalue weighted by molar-refractivity contribution is 5.26. The van der Waals surface area contributed by atoms with Crippen LogP contribution in [0.1, 0.15) is 11.3 Å². The highest BCUT2D eigenvalue weighted by atomic mass is 16.5. The zero-order valence-corrected chi connectivity index (χ0v) is 9.31. The number of likely N-dealkylation sites (N-methyl/N-ethyl adjacent to an activating group) is 1. The Labute approximate surface area is 94.2 Å². The van der Waals surface area contributed by atoms with Crippen LogP contribution in [0.3, 0.4) is 0 Å². The molecule has 0 aliphatic heterocycles. The first kappa shape index (κ1) is 10.8. The standard InChI is InChI=1S/C11H16N4O/c1-15(5-3-9-2-4-13-7-9)8-10-6-11(12)14-16-10/h2,4,6-7,13H,3,5,8H2,1H3,(H2,12,14). The van der Waals surface area contributed by atoms with Crippen molar-refractivity contribution in [2.24, 2.45) is 0 Å². The molecule has 16 heavy (non-hydrogen) atoms. The van der Waals surface area contributed by atoms with Crippen molar-refractivity contribution in [3.63, 3.8) is 0 Å². The molecular formula is C11H16N4O. The van der Waals surface area contributed by atoms with Gasteiger partial charge >= 0.3 is 0 Å². The van der Waals surface area contributed by atoms with Gasteiger partial charge in [-0.25, -0.2) is 0 Å². The Morgan fingerprint density at radius 3 is 3.06 bits per heavy atom. The van der Waals surface area contributed by atoms with Gasteiger partial charge in [0.25, 0.3) is 0 Å². The molecule has 3 N–H and O–H groups in total. The van der Waals surface area contributed by atoms with Gasteiger partial charge < -0.3 is 15.2 Å². The predicted molar refractivity (Wildman–Crippen MR) is 61.7 cm³/mol. The molecule has 5 nitrogen and oxygen atoms in total. The fraction of sp³-hybridized carbons (Fsp3) is 0.364. The zero-order chi connectivity index (χ0) is 11.4. The monoisotopic (exact) mass is 220 g/mol. The fourth-order valence-electron chi connectivity index (χ4n) is 1.58. The molecule has 0 radical (unpaired) electrons. The number of nitrogens with one attached hydrogen (secondary N) is 1. The predicted octanol–water partition coefficient (Wildman–Crippen LogP) is 1.26. The molecular weight excluding hydrogens is 204 g/mol. The second-order valence-corrected chi connectivity index (χ2v) is 3.93. The molecule has 0 atom stereocenters. The van der Waals surface area contributed by atoms with Crippen molar-refractivity contribution >= 4 is 5.82 Å². The number of anilines is 1. The molecule has 0 bridgehead atoms. The SMILES string of the molecule is CN(CCc1cc[nH]c1)Cc1cc(N)no1. The Morgan fingerprint density at radius 1 is 1.56 bits per heavy atom. The summed E-state index contributed by atoms with van der Waals surface area (Å²) in [6.45, 7) is 1.70. The van der Waals surface area contributed by atoms with E-state index in [0.29, 0.717) is 5.82 Å². The summed E-state index contributed by atoms with van der Waals surface area (Å²) in [6.07, 6.45) is 4.97. The van der Waals surface area contributed by atoms with E-state index < -0.39 is 0 Å². The number of nitrogens with zero attached hydrogens (tertiary/aromatic N) is 2. The van der Waals surface area contributed by atoms with E-state index in [9.17, 15) is 0 Å². The van der Waals surface area contributed by atoms with Crippen LogP contribution in [-0.4, -0.2) is 28.6 Å². The maximum atomic E-state index is 5.48. The van der Waals surface area contributed by atoms with Gasteiger partial charge in [-0.3, -0.25) is 4.90 Å². The summed E-state index contributed by atoms with van der Waals surface area (Å²) >= 11 is 0. The molecule has 2 rings (SSSR count). The van der Waals surface area contributed by atoms with Gasteiger partial charge in [-0.15, -0.1) is 0 Å². The fourth-order valence-corrected chi connectivity index (χ4v) is 1.58. The first-order valence-corrected chi connectivity index (χ1v) is 5.25. The van der Waals surface area contributed by atoms with E-state index in [1.807, 2.05) is 19.4 Å². The van der Waals surface area contributed by atoms with Crippen molar-refractivity contribution in [1.29, 1.82) is 0 Å². The molecule has 0 aliphatic carbocycles. The van der Waals surface area contributed by atoms with Crippen LogP contribution in [-0.2, 0) is 13.0 Å². The summed E-state index contributed by atoms with van der Waals surface area (Å²) in [7, 11) is 2.05. The van der Waals surface area contributed by atoms with E-state index in [1.165, 1.54) is 5.56 Å². The van der Waals surface area contributed by atoms with E-state index in [-0.39, 0.29) is 0 Å². The summed E-state index contributed by atoms with van der Waals surface area (Å²) < 4.78 is 5.05. The number of hydrogen-bond donors (Lipinski definition) is 2. The Morgan fingerprint density at radius 2 is 2.44 bits per heavy atom. The van der Waals surface area contributed by atoms with Crippen LogP contribution in [0.25, 0.3) is 0 Å². The van der Waals surface area contributed by atoms with Crippen molar-refractivity contribution in [3.8, 4) is 0 Å². The van der Waals surface area contributed by atoms with E-state index in [4.69, 9.17) is 10.3 Å². The summed E-state index contributed by atoms with van der Waals surface area (Å²) in [5, 5.41) is 3.65. The highest BCUT2D eigenvalue weighted by Crippen LogP contribution is 2.08. The summed E-state index contributed by atoms with van der Waals surface area (Å²) in [5.74, 6) is 1.24. The maximum Gasteiger partial charge on any atom is 0.167 e. The van der Waals surface area contributed by atoms with Crippen molar-refractivity contribution in [1.82, 2.24) is 15.0 Å².